The maximum absolute atomic E-state index is 14.0. The van der Waals surface area contributed by atoms with Crippen molar-refractivity contribution in [1.82, 2.24) is 0 Å². The lowest BCUT2D eigenvalue weighted by molar-refractivity contribution is 0.0665. The van der Waals surface area contributed by atoms with E-state index in [-0.39, 0.29) is 5.82 Å². The van der Waals surface area contributed by atoms with E-state index in [1.807, 2.05) is 0 Å². The van der Waals surface area contributed by atoms with E-state index in [1.165, 1.54) is 0 Å². The molecule has 1 aromatic rings. The second-order valence-electron chi connectivity index (χ2n) is 3.91. The lowest BCUT2D eigenvalue weighted by atomic mass is 9.75. The number of halogens is 2. The van der Waals surface area contributed by atoms with Crippen LogP contribution in [0.1, 0.15) is 18.4 Å². The highest BCUT2D eigenvalue weighted by Crippen LogP contribution is 2.37. The Kier molecular flexibility index (Phi) is 3.27. The molecule has 0 unspecified atom stereocenters. The van der Waals surface area contributed by atoms with Crippen molar-refractivity contribution in [3.63, 3.8) is 0 Å². The van der Waals surface area contributed by atoms with Crippen LogP contribution in [0.25, 0.3) is 0 Å². The van der Waals surface area contributed by atoms with Crippen molar-refractivity contribution in [2.24, 2.45) is 0 Å². The second kappa shape index (κ2) is 4.52. The molecule has 0 N–H and O–H groups in total. The molecule has 0 atom stereocenters. The maximum Gasteiger partial charge on any atom is 0.142 e. The van der Waals surface area contributed by atoms with Crippen LogP contribution in [0.15, 0.2) is 22.7 Å². The molecular formula is C12H11BrFNO. The minimum Gasteiger partial charge on any atom is -0.381 e. The highest BCUT2D eigenvalue weighted by Gasteiger charge is 2.37. The molecule has 2 nitrogen and oxygen atoms in total. The molecule has 4 heteroatoms. The van der Waals surface area contributed by atoms with Gasteiger partial charge in [0.05, 0.1) is 16.0 Å². The van der Waals surface area contributed by atoms with E-state index in [4.69, 9.17) is 4.74 Å². The Balaban J connectivity index is 2.48. The molecule has 0 radical (unpaired) electrons. The van der Waals surface area contributed by atoms with Gasteiger partial charge in [0.1, 0.15) is 5.82 Å². The van der Waals surface area contributed by atoms with E-state index < -0.39 is 5.41 Å². The van der Waals surface area contributed by atoms with Crippen molar-refractivity contribution in [2.75, 3.05) is 13.2 Å². The van der Waals surface area contributed by atoms with Gasteiger partial charge in [-0.2, -0.15) is 5.26 Å². The molecule has 0 aliphatic carbocycles. The topological polar surface area (TPSA) is 33.0 Å². The number of benzene rings is 1. The van der Waals surface area contributed by atoms with E-state index in [0.717, 1.165) is 0 Å². The molecule has 0 spiro atoms. The maximum atomic E-state index is 14.0. The molecule has 1 aromatic carbocycles. The first-order chi connectivity index (χ1) is 7.69. The Bertz CT molecular complexity index is 435. The van der Waals surface area contributed by atoms with Crippen LogP contribution in [0.3, 0.4) is 0 Å². The van der Waals surface area contributed by atoms with Crippen molar-refractivity contribution in [3.05, 3.63) is 34.1 Å². The summed E-state index contributed by atoms with van der Waals surface area (Å²) in [6.07, 6.45) is 1.10. The first-order valence-corrected chi connectivity index (χ1v) is 5.92. The Labute approximate surface area is 102 Å². The van der Waals surface area contributed by atoms with Gasteiger partial charge in [-0.15, -0.1) is 0 Å². The van der Waals surface area contributed by atoms with Gasteiger partial charge >= 0.3 is 0 Å². The molecule has 0 saturated carbocycles. The predicted octanol–water partition coefficient (Wildman–Crippen LogP) is 3.16. The summed E-state index contributed by atoms with van der Waals surface area (Å²) in [5, 5.41) is 9.32. The molecule has 84 valence electrons. The third kappa shape index (κ3) is 1.85. The van der Waals surface area contributed by atoms with Gasteiger partial charge in [0, 0.05) is 18.8 Å². The zero-order chi connectivity index (χ0) is 11.6. The summed E-state index contributed by atoms with van der Waals surface area (Å²) in [6, 6.07) is 7.35. The van der Waals surface area contributed by atoms with Crippen LogP contribution in [0.4, 0.5) is 4.39 Å². The van der Waals surface area contributed by atoms with Gasteiger partial charge in [0.2, 0.25) is 0 Å². The van der Waals surface area contributed by atoms with Crippen LogP contribution < -0.4 is 0 Å². The van der Waals surface area contributed by atoms with Crippen molar-refractivity contribution in [3.8, 4) is 6.07 Å². The van der Waals surface area contributed by atoms with Crippen molar-refractivity contribution < 1.29 is 9.13 Å². The molecule has 0 bridgehead atoms. The first kappa shape index (κ1) is 11.6. The minimum absolute atomic E-state index is 0.328. The normalized spacial score (nSPS) is 19.1. The van der Waals surface area contributed by atoms with Gasteiger partial charge < -0.3 is 4.74 Å². The fourth-order valence-corrected chi connectivity index (χ4v) is 2.40. The monoisotopic (exact) mass is 283 g/mol. The summed E-state index contributed by atoms with van der Waals surface area (Å²) in [4.78, 5) is 0. The number of nitriles is 1. The fraction of sp³-hybridized carbons (Fsp3) is 0.417. The Morgan fingerprint density at radius 1 is 1.38 bits per heavy atom. The van der Waals surface area contributed by atoms with Crippen molar-refractivity contribution in [1.29, 1.82) is 5.26 Å². The summed E-state index contributed by atoms with van der Waals surface area (Å²) in [7, 11) is 0. The molecule has 1 aliphatic rings. The van der Waals surface area contributed by atoms with E-state index in [9.17, 15) is 9.65 Å². The molecule has 1 saturated heterocycles. The zero-order valence-corrected chi connectivity index (χ0v) is 10.3. The Morgan fingerprint density at radius 2 is 2.06 bits per heavy atom. The quantitative estimate of drug-likeness (QED) is 0.793. The Hall–Kier alpha value is -0.920. The third-order valence-corrected chi connectivity index (χ3v) is 3.64. The average molecular weight is 284 g/mol. The molecule has 16 heavy (non-hydrogen) atoms. The van der Waals surface area contributed by atoms with Crippen LogP contribution in [0.2, 0.25) is 0 Å². The lowest BCUT2D eigenvalue weighted by Gasteiger charge is -2.31. The highest BCUT2D eigenvalue weighted by molar-refractivity contribution is 9.10. The van der Waals surface area contributed by atoms with Crippen LogP contribution >= 0.6 is 15.9 Å². The average Bonchev–Trinajstić information content (AvgIpc) is 2.33. The number of nitrogens with zero attached hydrogens (tertiary/aromatic N) is 1. The van der Waals surface area contributed by atoms with Gasteiger partial charge in [0.15, 0.2) is 0 Å². The number of rotatable bonds is 1. The number of hydrogen-bond donors (Lipinski definition) is 0. The molecule has 1 heterocycles. The SMILES string of the molecule is N#CC1(c2cccc(Br)c2F)CCOCC1. The van der Waals surface area contributed by atoms with Gasteiger partial charge in [-0.05, 0) is 34.8 Å². The Morgan fingerprint density at radius 3 is 2.69 bits per heavy atom. The predicted molar refractivity (Wildman–Crippen MR) is 61.4 cm³/mol. The van der Waals surface area contributed by atoms with Gasteiger partial charge in [-0.3, -0.25) is 0 Å². The van der Waals surface area contributed by atoms with E-state index in [2.05, 4.69) is 22.0 Å². The van der Waals surface area contributed by atoms with E-state index in [1.54, 1.807) is 18.2 Å². The second-order valence-corrected chi connectivity index (χ2v) is 4.76. The van der Waals surface area contributed by atoms with Gasteiger partial charge in [0.25, 0.3) is 0 Å². The van der Waals surface area contributed by atoms with Crippen LogP contribution in [0, 0.1) is 17.1 Å². The molecule has 1 fully saturated rings. The summed E-state index contributed by atoms with van der Waals surface area (Å²) in [6.45, 7) is 1.03. The number of hydrogen-bond acceptors (Lipinski definition) is 2. The first-order valence-electron chi connectivity index (χ1n) is 5.13. The summed E-state index contributed by atoms with van der Waals surface area (Å²) in [5.74, 6) is -0.328. The van der Waals surface area contributed by atoms with E-state index >= 15 is 0 Å². The summed E-state index contributed by atoms with van der Waals surface area (Å²) < 4.78 is 19.6. The molecule has 0 aromatic heterocycles. The molecule has 1 aliphatic heterocycles. The third-order valence-electron chi connectivity index (χ3n) is 3.03. The largest absolute Gasteiger partial charge is 0.381 e. The molecule has 0 amide bonds. The van der Waals surface area contributed by atoms with Crippen LogP contribution in [-0.4, -0.2) is 13.2 Å². The smallest absolute Gasteiger partial charge is 0.142 e. The summed E-state index contributed by atoms with van der Waals surface area (Å²) in [5.41, 5.74) is -0.251. The molecular weight excluding hydrogens is 273 g/mol. The van der Waals surface area contributed by atoms with E-state index in [0.29, 0.717) is 36.1 Å². The fourth-order valence-electron chi connectivity index (χ4n) is 2.03. The van der Waals surface area contributed by atoms with Gasteiger partial charge in [-0.1, -0.05) is 12.1 Å². The highest BCUT2D eigenvalue weighted by atomic mass is 79.9. The molecule has 2 rings (SSSR count). The van der Waals surface area contributed by atoms with Crippen LogP contribution in [-0.2, 0) is 10.2 Å². The summed E-state index contributed by atoms with van der Waals surface area (Å²) >= 11 is 3.15. The standard InChI is InChI=1S/C12H11BrFNO/c13-10-3-1-2-9(11(10)14)12(8-15)4-6-16-7-5-12/h1-3H,4-7H2. The van der Waals surface area contributed by atoms with Crippen molar-refractivity contribution in [2.45, 2.75) is 18.3 Å². The van der Waals surface area contributed by atoms with Crippen LogP contribution in [0.5, 0.6) is 0 Å². The van der Waals surface area contributed by atoms with Gasteiger partial charge in [-0.25, -0.2) is 4.39 Å². The zero-order valence-electron chi connectivity index (χ0n) is 8.67. The lowest BCUT2D eigenvalue weighted by Crippen LogP contribution is -2.33. The minimum atomic E-state index is -0.730. The number of ether oxygens (including phenoxy) is 1. The van der Waals surface area contributed by atoms with Crippen molar-refractivity contribution >= 4 is 15.9 Å².